The average molecular weight is 278 g/mol. The molecule has 0 aliphatic heterocycles. The summed E-state index contributed by atoms with van der Waals surface area (Å²) < 4.78 is 54.3. The number of ketones is 1. The number of ether oxygens (including phenoxy) is 1. The van der Waals surface area contributed by atoms with Crippen LogP contribution in [0.3, 0.4) is 0 Å². The fourth-order valence-electron chi connectivity index (χ4n) is 1.50. The van der Waals surface area contributed by atoms with E-state index in [1.165, 1.54) is 19.9 Å². The molecule has 1 rings (SSSR count). The van der Waals surface area contributed by atoms with Gasteiger partial charge in [-0.2, -0.15) is 13.2 Å². The number of halogens is 4. The summed E-state index contributed by atoms with van der Waals surface area (Å²) in [6, 6.07) is 2.36. The molecule has 0 fully saturated rings. The molecule has 1 aromatic rings. The Morgan fingerprint density at radius 2 is 1.95 bits per heavy atom. The molecule has 0 bridgehead atoms. The molecule has 0 spiro atoms. The molecular formula is C13H14F4O2. The van der Waals surface area contributed by atoms with E-state index < -0.39 is 24.2 Å². The fourth-order valence-corrected chi connectivity index (χ4v) is 1.50. The van der Waals surface area contributed by atoms with Crippen LogP contribution in [0.5, 0.6) is 5.75 Å². The predicted octanol–water partition coefficient (Wildman–Crippen LogP) is 4.06. The first-order valence-electron chi connectivity index (χ1n) is 5.71. The van der Waals surface area contributed by atoms with Gasteiger partial charge in [-0.25, -0.2) is 4.39 Å². The number of hydrogen-bond acceptors (Lipinski definition) is 2. The van der Waals surface area contributed by atoms with Gasteiger partial charge in [-0.3, -0.25) is 4.79 Å². The summed E-state index contributed by atoms with van der Waals surface area (Å²) in [6.07, 6.45) is -5.40. The highest BCUT2D eigenvalue weighted by molar-refractivity contribution is 5.96. The molecule has 2 nitrogen and oxygen atoms in total. The Bertz CT molecular complexity index is 466. The van der Waals surface area contributed by atoms with E-state index in [-0.39, 0.29) is 29.9 Å². The number of rotatable bonds is 5. The Labute approximate surface area is 108 Å². The first kappa shape index (κ1) is 15.5. The van der Waals surface area contributed by atoms with Gasteiger partial charge >= 0.3 is 6.18 Å². The first-order valence-corrected chi connectivity index (χ1v) is 5.71. The van der Waals surface area contributed by atoms with Crippen molar-refractivity contribution in [3.8, 4) is 5.75 Å². The van der Waals surface area contributed by atoms with Gasteiger partial charge < -0.3 is 4.74 Å². The Morgan fingerprint density at radius 1 is 1.32 bits per heavy atom. The van der Waals surface area contributed by atoms with Gasteiger partial charge in [-0.05, 0) is 38.0 Å². The van der Waals surface area contributed by atoms with Gasteiger partial charge in [0.1, 0.15) is 11.6 Å². The number of hydrogen-bond donors (Lipinski definition) is 0. The van der Waals surface area contributed by atoms with Crippen LogP contribution in [-0.2, 0) is 0 Å². The zero-order valence-electron chi connectivity index (χ0n) is 10.6. The topological polar surface area (TPSA) is 26.3 Å². The summed E-state index contributed by atoms with van der Waals surface area (Å²) in [4.78, 5) is 11.3. The van der Waals surface area contributed by atoms with Crippen LogP contribution in [0.25, 0.3) is 0 Å². The van der Waals surface area contributed by atoms with Crippen LogP contribution < -0.4 is 4.74 Å². The number of aryl methyl sites for hydroxylation is 1. The Balaban J connectivity index is 2.72. The highest BCUT2D eigenvalue weighted by Gasteiger charge is 2.26. The number of Topliss-reactive ketones (excluding diaryl/α,β-unsaturated/α-hetero) is 1. The van der Waals surface area contributed by atoms with Crippen LogP contribution in [0.4, 0.5) is 17.6 Å². The lowest BCUT2D eigenvalue weighted by Gasteiger charge is -2.12. The van der Waals surface area contributed by atoms with E-state index in [1.807, 2.05) is 0 Å². The fraction of sp³-hybridized carbons (Fsp3) is 0.462. The molecular weight excluding hydrogens is 264 g/mol. The van der Waals surface area contributed by atoms with E-state index in [4.69, 9.17) is 4.74 Å². The van der Waals surface area contributed by atoms with Crippen molar-refractivity contribution in [3.05, 3.63) is 29.1 Å². The summed E-state index contributed by atoms with van der Waals surface area (Å²) in [5, 5.41) is 0. The maximum Gasteiger partial charge on any atom is 0.389 e. The molecule has 6 heteroatoms. The van der Waals surface area contributed by atoms with Gasteiger partial charge in [-0.1, -0.05) is 0 Å². The molecule has 0 amide bonds. The Hall–Kier alpha value is -1.59. The van der Waals surface area contributed by atoms with E-state index in [1.54, 1.807) is 0 Å². The molecule has 0 saturated carbocycles. The smallest absolute Gasteiger partial charge is 0.389 e. The third kappa shape index (κ3) is 4.89. The number of benzene rings is 1. The van der Waals surface area contributed by atoms with Crippen molar-refractivity contribution in [2.24, 2.45) is 0 Å². The van der Waals surface area contributed by atoms with Crippen LogP contribution in [-0.4, -0.2) is 18.6 Å². The van der Waals surface area contributed by atoms with Crippen LogP contribution in [0, 0.1) is 12.7 Å². The van der Waals surface area contributed by atoms with E-state index in [2.05, 4.69) is 0 Å². The summed E-state index contributed by atoms with van der Waals surface area (Å²) in [7, 11) is 0. The van der Waals surface area contributed by atoms with Crippen molar-refractivity contribution in [2.75, 3.05) is 6.61 Å². The van der Waals surface area contributed by atoms with Gasteiger partial charge in [0.25, 0.3) is 0 Å². The molecule has 0 saturated heterocycles. The summed E-state index contributed by atoms with van der Waals surface area (Å²) in [6.45, 7) is 2.55. The SMILES string of the molecule is CC(=O)c1cc(F)c(C)cc1OCCCC(F)(F)F. The first-order chi connectivity index (χ1) is 8.70. The molecule has 0 aliphatic carbocycles. The quantitative estimate of drug-likeness (QED) is 0.461. The van der Waals surface area contributed by atoms with Crippen LogP contribution >= 0.6 is 0 Å². The zero-order valence-corrected chi connectivity index (χ0v) is 10.6. The lowest BCUT2D eigenvalue weighted by molar-refractivity contribution is -0.136. The minimum atomic E-state index is -4.23. The van der Waals surface area contributed by atoms with Crippen molar-refractivity contribution in [1.29, 1.82) is 0 Å². The highest BCUT2D eigenvalue weighted by atomic mass is 19.4. The van der Waals surface area contributed by atoms with Gasteiger partial charge in [0.2, 0.25) is 0 Å². The van der Waals surface area contributed by atoms with Gasteiger partial charge in [0.05, 0.1) is 12.2 Å². The normalized spacial score (nSPS) is 11.5. The number of carbonyl (C=O) groups is 1. The molecule has 0 unspecified atom stereocenters. The maximum atomic E-state index is 13.3. The summed E-state index contributed by atoms with van der Waals surface area (Å²) in [5.41, 5.74) is 0.311. The van der Waals surface area contributed by atoms with Crippen molar-refractivity contribution in [1.82, 2.24) is 0 Å². The molecule has 0 radical (unpaired) electrons. The third-order valence-corrected chi connectivity index (χ3v) is 2.50. The van der Waals surface area contributed by atoms with E-state index in [9.17, 15) is 22.4 Å². The Kier molecular flexibility index (Phi) is 4.91. The largest absolute Gasteiger partial charge is 0.493 e. The van der Waals surface area contributed by atoms with Crippen molar-refractivity contribution < 1.29 is 27.1 Å². The van der Waals surface area contributed by atoms with Crippen molar-refractivity contribution in [2.45, 2.75) is 32.9 Å². The van der Waals surface area contributed by atoms with Crippen molar-refractivity contribution in [3.63, 3.8) is 0 Å². The Morgan fingerprint density at radius 3 is 2.47 bits per heavy atom. The number of carbonyl (C=O) groups excluding carboxylic acids is 1. The second-order valence-electron chi connectivity index (χ2n) is 4.22. The molecule has 19 heavy (non-hydrogen) atoms. The molecule has 0 aliphatic rings. The van der Waals surface area contributed by atoms with Crippen LogP contribution in [0.1, 0.15) is 35.7 Å². The van der Waals surface area contributed by atoms with E-state index in [0.29, 0.717) is 0 Å². The van der Waals surface area contributed by atoms with Crippen LogP contribution in [0.15, 0.2) is 12.1 Å². The summed E-state index contributed by atoms with van der Waals surface area (Å²) in [5.74, 6) is -0.828. The van der Waals surface area contributed by atoms with Gasteiger partial charge in [0, 0.05) is 6.42 Å². The minimum absolute atomic E-state index is 0.0371. The highest BCUT2D eigenvalue weighted by Crippen LogP contribution is 2.25. The third-order valence-electron chi connectivity index (χ3n) is 2.50. The minimum Gasteiger partial charge on any atom is -0.493 e. The molecule has 0 N–H and O–H groups in total. The standard InChI is InChI=1S/C13H14F4O2/c1-8-6-12(10(9(2)18)7-11(8)14)19-5-3-4-13(15,16)17/h6-7H,3-5H2,1-2H3. The molecule has 1 aromatic carbocycles. The van der Waals surface area contributed by atoms with E-state index >= 15 is 0 Å². The predicted molar refractivity (Wildman–Crippen MR) is 61.9 cm³/mol. The molecule has 0 aromatic heterocycles. The lowest BCUT2D eigenvalue weighted by Crippen LogP contribution is -2.11. The maximum absolute atomic E-state index is 13.3. The van der Waals surface area contributed by atoms with E-state index in [0.717, 1.165) is 6.07 Å². The zero-order chi connectivity index (χ0) is 14.6. The van der Waals surface area contributed by atoms with Crippen molar-refractivity contribution >= 4 is 5.78 Å². The molecule has 106 valence electrons. The lowest BCUT2D eigenvalue weighted by atomic mass is 10.1. The van der Waals surface area contributed by atoms with Crippen LogP contribution in [0.2, 0.25) is 0 Å². The monoisotopic (exact) mass is 278 g/mol. The molecule has 0 atom stereocenters. The summed E-state index contributed by atoms with van der Waals surface area (Å²) >= 11 is 0. The molecule has 0 heterocycles. The second-order valence-corrected chi connectivity index (χ2v) is 4.22. The second kappa shape index (κ2) is 6.04. The van der Waals surface area contributed by atoms with Gasteiger partial charge in [0.15, 0.2) is 5.78 Å². The van der Waals surface area contributed by atoms with Gasteiger partial charge in [-0.15, -0.1) is 0 Å². The number of alkyl halides is 3. The average Bonchev–Trinajstić information content (AvgIpc) is 2.27.